The number of carbonyl (C=O) groups is 2. The summed E-state index contributed by atoms with van der Waals surface area (Å²) in [5.41, 5.74) is 2.39. The smallest absolute Gasteiger partial charge is 0.256 e. The van der Waals surface area contributed by atoms with Gasteiger partial charge in [-0.25, -0.2) is 9.97 Å². The third kappa shape index (κ3) is 2.97. The van der Waals surface area contributed by atoms with Crippen LogP contribution in [-0.4, -0.2) is 49.9 Å². The highest BCUT2D eigenvalue weighted by atomic mass is 16.2. The van der Waals surface area contributed by atoms with E-state index in [4.69, 9.17) is 0 Å². The normalized spacial score (nSPS) is 18.3. The minimum atomic E-state index is -0.697. The van der Waals surface area contributed by atoms with Crippen LogP contribution >= 0.6 is 0 Å². The van der Waals surface area contributed by atoms with Gasteiger partial charge < -0.3 is 14.8 Å². The fourth-order valence-electron chi connectivity index (χ4n) is 4.65. The Hall–Kier alpha value is -3.22. The Balaban J connectivity index is 1.44. The largest absolute Gasteiger partial charge is 0.352 e. The average molecular weight is 389 g/mol. The Morgan fingerprint density at radius 1 is 1.14 bits per heavy atom. The van der Waals surface area contributed by atoms with Crippen LogP contribution in [0.25, 0.3) is 11.2 Å². The molecule has 1 saturated heterocycles. The van der Waals surface area contributed by atoms with Gasteiger partial charge in [0.05, 0.1) is 18.4 Å². The maximum absolute atomic E-state index is 13.3. The van der Waals surface area contributed by atoms with Gasteiger partial charge in [-0.05, 0) is 24.5 Å². The van der Waals surface area contributed by atoms with E-state index in [1.165, 1.54) is 0 Å². The van der Waals surface area contributed by atoms with Crippen LogP contribution in [0.2, 0.25) is 0 Å². The molecule has 0 bridgehead atoms. The highest BCUT2D eigenvalue weighted by Gasteiger charge is 2.50. The number of amides is 2. The van der Waals surface area contributed by atoms with Crippen molar-refractivity contribution >= 4 is 23.0 Å². The van der Waals surface area contributed by atoms with Crippen molar-refractivity contribution in [1.82, 2.24) is 24.8 Å². The number of hydrogen-bond donors (Lipinski definition) is 1. The van der Waals surface area contributed by atoms with Crippen molar-refractivity contribution in [3.8, 4) is 0 Å². The predicted molar refractivity (Wildman–Crippen MR) is 108 cm³/mol. The first-order chi connectivity index (χ1) is 14.2. The Bertz CT molecular complexity index is 1070. The lowest BCUT2D eigenvalue weighted by atomic mass is 9.91. The van der Waals surface area contributed by atoms with E-state index in [9.17, 15) is 9.59 Å². The number of carbonyl (C=O) groups excluding carboxylic acids is 2. The number of benzene rings is 1. The Morgan fingerprint density at radius 2 is 1.93 bits per heavy atom. The summed E-state index contributed by atoms with van der Waals surface area (Å²) in [5.74, 6) is -0.149. The average Bonchev–Trinajstić information content (AvgIpc) is 3.39. The summed E-state index contributed by atoms with van der Waals surface area (Å²) < 4.78 is 1.98. The molecular weight excluding hydrogens is 366 g/mol. The van der Waals surface area contributed by atoms with Crippen molar-refractivity contribution in [2.45, 2.75) is 37.8 Å². The molecule has 5 rings (SSSR count). The quantitative estimate of drug-likeness (QED) is 0.746. The van der Waals surface area contributed by atoms with Crippen molar-refractivity contribution in [1.29, 1.82) is 0 Å². The van der Waals surface area contributed by atoms with Crippen molar-refractivity contribution < 1.29 is 9.59 Å². The number of piperazine rings is 1. The van der Waals surface area contributed by atoms with E-state index in [1.807, 2.05) is 22.8 Å². The molecule has 1 aromatic carbocycles. The van der Waals surface area contributed by atoms with E-state index >= 15 is 0 Å². The number of aromatic nitrogens is 3. The zero-order valence-corrected chi connectivity index (χ0v) is 16.2. The number of nitrogens with one attached hydrogen (secondary N) is 1. The molecule has 2 aromatic heterocycles. The molecule has 1 saturated carbocycles. The molecule has 1 aliphatic carbocycles. The molecule has 7 nitrogen and oxygen atoms in total. The van der Waals surface area contributed by atoms with Gasteiger partial charge in [0.2, 0.25) is 5.91 Å². The maximum atomic E-state index is 13.3. The second kappa shape index (κ2) is 6.99. The van der Waals surface area contributed by atoms with Crippen LogP contribution in [-0.2, 0) is 11.3 Å². The summed E-state index contributed by atoms with van der Waals surface area (Å²) in [4.78, 5) is 36.7. The van der Waals surface area contributed by atoms with Gasteiger partial charge in [-0.1, -0.05) is 43.2 Å². The molecule has 0 unspecified atom stereocenters. The first-order valence-electron chi connectivity index (χ1n) is 10.1. The minimum absolute atomic E-state index is 0.0178. The zero-order valence-electron chi connectivity index (χ0n) is 16.2. The van der Waals surface area contributed by atoms with Crippen molar-refractivity contribution in [2.75, 3.05) is 13.1 Å². The van der Waals surface area contributed by atoms with E-state index < -0.39 is 5.54 Å². The molecule has 2 amide bonds. The SMILES string of the molecule is O=C(c1cnc2c(c1)ncn2Cc1ccccc1)N1CCNC(=O)C12CCCC2. The standard InChI is InChI=1S/C22H23N5O2/c28-20(27-11-10-23-21(29)22(27)8-4-5-9-22)17-12-18-19(24-13-17)26(15-25-18)14-16-6-2-1-3-7-16/h1-3,6-7,12-13,15H,4-5,8-11,14H2,(H,23,29). The van der Waals surface area contributed by atoms with Gasteiger partial charge in [-0.3, -0.25) is 9.59 Å². The van der Waals surface area contributed by atoms with Crippen LogP contribution < -0.4 is 5.32 Å². The Morgan fingerprint density at radius 3 is 2.72 bits per heavy atom. The summed E-state index contributed by atoms with van der Waals surface area (Å²) in [6.45, 7) is 1.70. The van der Waals surface area contributed by atoms with Gasteiger partial charge in [0, 0.05) is 19.3 Å². The van der Waals surface area contributed by atoms with Crippen LogP contribution in [0, 0.1) is 0 Å². The van der Waals surface area contributed by atoms with Crippen LogP contribution in [0.1, 0.15) is 41.6 Å². The number of nitrogens with zero attached hydrogens (tertiary/aromatic N) is 4. The molecule has 3 aromatic rings. The van der Waals surface area contributed by atoms with Crippen LogP contribution in [0.15, 0.2) is 48.9 Å². The fraction of sp³-hybridized carbons (Fsp3) is 0.364. The Labute approximate surface area is 168 Å². The number of pyridine rings is 1. The van der Waals surface area contributed by atoms with Gasteiger partial charge in [-0.15, -0.1) is 0 Å². The van der Waals surface area contributed by atoms with Crippen molar-refractivity contribution in [2.24, 2.45) is 0 Å². The molecule has 1 N–H and O–H groups in total. The number of rotatable bonds is 3. The van der Waals surface area contributed by atoms with Crippen LogP contribution in [0.5, 0.6) is 0 Å². The minimum Gasteiger partial charge on any atom is -0.352 e. The summed E-state index contributed by atoms with van der Waals surface area (Å²) in [6, 6.07) is 11.9. The molecule has 1 aliphatic heterocycles. The van der Waals surface area contributed by atoms with Gasteiger partial charge in [0.1, 0.15) is 11.1 Å². The number of imidazole rings is 1. The number of hydrogen-bond acceptors (Lipinski definition) is 4. The lowest BCUT2D eigenvalue weighted by molar-refractivity contribution is -0.134. The predicted octanol–water partition coefficient (Wildman–Crippen LogP) is 2.36. The third-order valence-corrected chi connectivity index (χ3v) is 6.13. The first-order valence-corrected chi connectivity index (χ1v) is 10.1. The van der Waals surface area contributed by atoms with Crippen LogP contribution in [0.3, 0.4) is 0 Å². The second-order valence-corrected chi connectivity index (χ2v) is 7.88. The van der Waals surface area contributed by atoms with E-state index in [2.05, 4.69) is 27.4 Å². The second-order valence-electron chi connectivity index (χ2n) is 7.88. The van der Waals surface area contributed by atoms with Gasteiger partial charge >= 0.3 is 0 Å². The molecule has 29 heavy (non-hydrogen) atoms. The van der Waals surface area contributed by atoms with Gasteiger partial charge in [0.25, 0.3) is 5.91 Å². The van der Waals surface area contributed by atoms with Crippen molar-refractivity contribution in [3.63, 3.8) is 0 Å². The third-order valence-electron chi connectivity index (χ3n) is 6.13. The van der Waals surface area contributed by atoms with Gasteiger partial charge in [0.15, 0.2) is 5.65 Å². The zero-order chi connectivity index (χ0) is 19.8. The molecular formula is C22H23N5O2. The molecule has 1 spiro atoms. The fourth-order valence-corrected chi connectivity index (χ4v) is 4.65. The summed E-state index contributed by atoms with van der Waals surface area (Å²) in [5, 5.41) is 2.94. The van der Waals surface area contributed by atoms with E-state index in [1.54, 1.807) is 23.5 Å². The molecule has 0 radical (unpaired) electrons. The van der Waals surface area contributed by atoms with Crippen molar-refractivity contribution in [3.05, 3.63) is 60.0 Å². The lowest BCUT2D eigenvalue weighted by Crippen LogP contribution is -2.65. The highest BCUT2D eigenvalue weighted by molar-refractivity contribution is 6.01. The van der Waals surface area contributed by atoms with Crippen LogP contribution in [0.4, 0.5) is 0 Å². The van der Waals surface area contributed by atoms with Gasteiger partial charge in [-0.2, -0.15) is 0 Å². The maximum Gasteiger partial charge on any atom is 0.256 e. The summed E-state index contributed by atoms with van der Waals surface area (Å²) in [6.07, 6.45) is 6.77. The summed E-state index contributed by atoms with van der Waals surface area (Å²) in [7, 11) is 0. The monoisotopic (exact) mass is 389 g/mol. The molecule has 2 aliphatic rings. The Kier molecular flexibility index (Phi) is 4.30. The summed E-state index contributed by atoms with van der Waals surface area (Å²) >= 11 is 0. The topological polar surface area (TPSA) is 80.1 Å². The van der Waals surface area contributed by atoms with E-state index in [0.717, 1.165) is 36.9 Å². The van der Waals surface area contributed by atoms with E-state index in [-0.39, 0.29) is 11.8 Å². The molecule has 2 fully saturated rings. The first kappa shape index (κ1) is 17.8. The molecule has 148 valence electrons. The van der Waals surface area contributed by atoms with E-state index in [0.29, 0.717) is 30.7 Å². The number of fused-ring (bicyclic) bond motifs is 1. The lowest BCUT2D eigenvalue weighted by Gasteiger charge is -2.43. The highest BCUT2D eigenvalue weighted by Crippen LogP contribution is 2.37. The molecule has 3 heterocycles. The molecule has 7 heteroatoms. The molecule has 0 atom stereocenters.